The van der Waals surface area contributed by atoms with Crippen LogP contribution in [0.25, 0.3) is 0 Å². The van der Waals surface area contributed by atoms with Gasteiger partial charge in [0, 0.05) is 24.3 Å². The van der Waals surface area contributed by atoms with Crippen molar-refractivity contribution in [1.82, 2.24) is 4.90 Å². The highest BCUT2D eigenvalue weighted by Crippen LogP contribution is 2.55. The SMILES string of the molecule is CCC(=O)N1CCS[C@]12C(=O)N(Cc1ccccc1C)c1ccc(OC)cc12. The minimum absolute atomic E-state index is 0.00450. The fraction of sp³-hybridized carbons (Fsp3) is 0.364. The molecule has 1 saturated heterocycles. The molecule has 146 valence electrons. The van der Waals surface area contributed by atoms with Crippen molar-refractivity contribution in [2.75, 3.05) is 24.3 Å². The lowest BCUT2D eigenvalue weighted by atomic mass is 10.0. The van der Waals surface area contributed by atoms with E-state index in [9.17, 15) is 9.59 Å². The summed E-state index contributed by atoms with van der Waals surface area (Å²) < 4.78 is 5.43. The van der Waals surface area contributed by atoms with Crippen LogP contribution in [0.4, 0.5) is 5.69 Å². The average molecular weight is 397 g/mol. The number of thioether (sulfide) groups is 1. The number of carbonyl (C=O) groups excluding carboxylic acids is 2. The molecule has 1 atom stereocenters. The number of aryl methyl sites for hydroxylation is 1. The Balaban J connectivity index is 1.85. The van der Waals surface area contributed by atoms with E-state index in [1.165, 1.54) is 0 Å². The summed E-state index contributed by atoms with van der Waals surface area (Å²) in [5, 5.41) is 0. The molecule has 2 aliphatic rings. The summed E-state index contributed by atoms with van der Waals surface area (Å²) in [6, 6.07) is 13.8. The molecule has 0 bridgehead atoms. The predicted octanol–water partition coefficient (Wildman–Crippen LogP) is 3.69. The lowest BCUT2D eigenvalue weighted by molar-refractivity contribution is -0.139. The Hall–Kier alpha value is -2.47. The monoisotopic (exact) mass is 396 g/mol. The summed E-state index contributed by atoms with van der Waals surface area (Å²) in [6.07, 6.45) is 0.382. The van der Waals surface area contributed by atoms with E-state index in [-0.39, 0.29) is 11.8 Å². The highest BCUT2D eigenvalue weighted by atomic mass is 32.2. The standard InChI is InChI=1S/C22H24N2O3S/c1-4-20(25)24-11-12-28-22(24)18-13-17(27-3)9-10-19(18)23(21(22)26)14-16-8-6-5-7-15(16)2/h5-10,13H,4,11-12,14H2,1-3H3/t22-/m1/s1. The molecule has 0 radical (unpaired) electrons. The largest absolute Gasteiger partial charge is 0.497 e. The Morgan fingerprint density at radius 1 is 1.25 bits per heavy atom. The van der Waals surface area contributed by atoms with Crippen LogP contribution < -0.4 is 9.64 Å². The number of methoxy groups -OCH3 is 1. The zero-order chi connectivity index (χ0) is 19.9. The summed E-state index contributed by atoms with van der Waals surface area (Å²) in [4.78, 5) is 29.1. The molecule has 28 heavy (non-hydrogen) atoms. The van der Waals surface area contributed by atoms with Crippen LogP contribution in [0.3, 0.4) is 0 Å². The van der Waals surface area contributed by atoms with Gasteiger partial charge in [-0.25, -0.2) is 0 Å². The Labute approximate surface area is 169 Å². The van der Waals surface area contributed by atoms with Crippen LogP contribution in [0, 0.1) is 6.92 Å². The number of hydrogen-bond acceptors (Lipinski definition) is 4. The lowest BCUT2D eigenvalue weighted by Crippen LogP contribution is -2.50. The van der Waals surface area contributed by atoms with Crippen LogP contribution in [0.5, 0.6) is 5.75 Å². The van der Waals surface area contributed by atoms with E-state index in [2.05, 4.69) is 13.0 Å². The van der Waals surface area contributed by atoms with Gasteiger partial charge in [-0.3, -0.25) is 9.59 Å². The molecular formula is C22H24N2O3S. The molecule has 2 amide bonds. The van der Waals surface area contributed by atoms with Crippen molar-refractivity contribution in [3.05, 3.63) is 59.2 Å². The van der Waals surface area contributed by atoms with Crippen LogP contribution in [0.15, 0.2) is 42.5 Å². The number of anilines is 1. The van der Waals surface area contributed by atoms with Gasteiger partial charge in [0.1, 0.15) is 5.75 Å². The molecule has 6 heteroatoms. The molecule has 0 aromatic heterocycles. The Morgan fingerprint density at radius 3 is 2.75 bits per heavy atom. The molecule has 0 aliphatic carbocycles. The number of amides is 2. The molecule has 2 heterocycles. The normalized spacial score (nSPS) is 20.8. The number of ether oxygens (including phenoxy) is 1. The molecule has 0 N–H and O–H groups in total. The quantitative estimate of drug-likeness (QED) is 0.791. The predicted molar refractivity (Wildman–Crippen MR) is 112 cm³/mol. The third-order valence-electron chi connectivity index (χ3n) is 5.59. The number of carbonyl (C=O) groups is 2. The van der Waals surface area contributed by atoms with Gasteiger partial charge in [0.05, 0.1) is 19.3 Å². The summed E-state index contributed by atoms with van der Waals surface area (Å²) in [7, 11) is 1.62. The molecule has 1 fully saturated rings. The number of rotatable bonds is 4. The van der Waals surface area contributed by atoms with Gasteiger partial charge in [-0.2, -0.15) is 0 Å². The van der Waals surface area contributed by atoms with Gasteiger partial charge in [-0.15, -0.1) is 11.8 Å². The summed E-state index contributed by atoms with van der Waals surface area (Å²) >= 11 is 1.55. The van der Waals surface area contributed by atoms with E-state index in [0.717, 1.165) is 28.1 Å². The smallest absolute Gasteiger partial charge is 0.268 e. The molecule has 1 spiro atoms. The third kappa shape index (κ3) is 2.70. The number of hydrogen-bond donors (Lipinski definition) is 0. The molecular weight excluding hydrogens is 372 g/mol. The van der Waals surface area contributed by atoms with Crippen molar-refractivity contribution >= 4 is 29.3 Å². The van der Waals surface area contributed by atoms with Gasteiger partial charge in [0.25, 0.3) is 5.91 Å². The van der Waals surface area contributed by atoms with Crippen LogP contribution >= 0.6 is 11.8 Å². The van der Waals surface area contributed by atoms with Crippen molar-refractivity contribution in [2.45, 2.75) is 31.7 Å². The van der Waals surface area contributed by atoms with Crippen molar-refractivity contribution in [3.63, 3.8) is 0 Å². The molecule has 2 aromatic carbocycles. The highest BCUT2D eigenvalue weighted by molar-refractivity contribution is 8.01. The maximum atomic E-state index is 13.8. The minimum Gasteiger partial charge on any atom is -0.497 e. The van der Waals surface area contributed by atoms with E-state index in [1.54, 1.807) is 23.8 Å². The topological polar surface area (TPSA) is 49.9 Å². The second-order valence-corrected chi connectivity index (χ2v) is 8.38. The molecule has 0 saturated carbocycles. The van der Waals surface area contributed by atoms with Gasteiger partial charge in [-0.1, -0.05) is 31.2 Å². The van der Waals surface area contributed by atoms with Crippen molar-refractivity contribution in [3.8, 4) is 5.75 Å². The maximum absolute atomic E-state index is 13.8. The molecule has 2 aromatic rings. The van der Waals surface area contributed by atoms with Crippen molar-refractivity contribution in [2.24, 2.45) is 0 Å². The average Bonchev–Trinajstić information content (AvgIpc) is 3.26. The van der Waals surface area contributed by atoms with E-state index < -0.39 is 4.87 Å². The first-order chi connectivity index (χ1) is 13.5. The fourth-order valence-electron chi connectivity index (χ4n) is 4.08. The maximum Gasteiger partial charge on any atom is 0.268 e. The van der Waals surface area contributed by atoms with Gasteiger partial charge < -0.3 is 14.5 Å². The second-order valence-electron chi connectivity index (χ2n) is 7.09. The Kier molecular flexibility index (Phi) is 4.83. The van der Waals surface area contributed by atoms with Crippen LogP contribution in [0.2, 0.25) is 0 Å². The van der Waals surface area contributed by atoms with Crippen molar-refractivity contribution < 1.29 is 14.3 Å². The van der Waals surface area contributed by atoms with E-state index in [0.29, 0.717) is 25.3 Å². The van der Waals surface area contributed by atoms with E-state index >= 15 is 0 Å². The zero-order valence-electron chi connectivity index (χ0n) is 16.4. The number of benzene rings is 2. The Morgan fingerprint density at radius 2 is 2.04 bits per heavy atom. The van der Waals surface area contributed by atoms with Gasteiger partial charge in [-0.05, 0) is 36.2 Å². The zero-order valence-corrected chi connectivity index (χ0v) is 17.2. The van der Waals surface area contributed by atoms with E-state index in [1.807, 2.05) is 48.2 Å². The first kappa shape index (κ1) is 18.9. The molecule has 4 rings (SSSR count). The molecule has 5 nitrogen and oxygen atoms in total. The van der Waals surface area contributed by atoms with Crippen LogP contribution in [-0.4, -0.2) is 36.1 Å². The summed E-state index contributed by atoms with van der Waals surface area (Å²) in [5.41, 5.74) is 3.96. The first-order valence-corrected chi connectivity index (χ1v) is 10.5. The van der Waals surface area contributed by atoms with Crippen LogP contribution in [0.1, 0.15) is 30.0 Å². The lowest BCUT2D eigenvalue weighted by Gasteiger charge is -2.33. The second kappa shape index (κ2) is 7.17. The van der Waals surface area contributed by atoms with Gasteiger partial charge in [0.15, 0.2) is 4.87 Å². The number of fused-ring (bicyclic) bond motifs is 2. The third-order valence-corrected chi connectivity index (χ3v) is 7.01. The number of nitrogens with zero attached hydrogens (tertiary/aromatic N) is 2. The summed E-state index contributed by atoms with van der Waals surface area (Å²) in [6.45, 7) is 4.97. The van der Waals surface area contributed by atoms with Crippen LogP contribution in [-0.2, 0) is 21.0 Å². The highest BCUT2D eigenvalue weighted by Gasteiger charge is 2.59. The van der Waals surface area contributed by atoms with E-state index in [4.69, 9.17) is 4.74 Å². The molecule has 0 unspecified atom stereocenters. The fourth-order valence-corrected chi connectivity index (χ4v) is 5.55. The van der Waals surface area contributed by atoms with Gasteiger partial charge in [0.2, 0.25) is 5.91 Å². The summed E-state index contributed by atoms with van der Waals surface area (Å²) in [5.74, 6) is 1.40. The Bertz CT molecular complexity index is 945. The first-order valence-electron chi connectivity index (χ1n) is 9.52. The molecule has 2 aliphatic heterocycles. The van der Waals surface area contributed by atoms with Crippen molar-refractivity contribution in [1.29, 1.82) is 0 Å². The minimum atomic E-state index is -0.986. The van der Waals surface area contributed by atoms with Gasteiger partial charge >= 0.3 is 0 Å².